The van der Waals surface area contributed by atoms with Crippen molar-refractivity contribution >= 4 is 50.7 Å². The van der Waals surface area contributed by atoms with Gasteiger partial charge in [-0.15, -0.1) is 0 Å². The molecule has 1 aliphatic carbocycles. The summed E-state index contributed by atoms with van der Waals surface area (Å²) in [6.45, 7) is 0.832. The first kappa shape index (κ1) is 19.5. The molecule has 10 nitrogen and oxygen atoms in total. The average Bonchev–Trinajstić information content (AvgIpc) is 3.60. The summed E-state index contributed by atoms with van der Waals surface area (Å²) in [5.74, 6) is 1.35. The van der Waals surface area contributed by atoms with Crippen LogP contribution in [-0.4, -0.2) is 55.2 Å². The Morgan fingerprint density at radius 1 is 1.24 bits per heavy atom. The third-order valence-electron chi connectivity index (χ3n) is 7.15. The van der Waals surface area contributed by atoms with E-state index in [0.29, 0.717) is 34.9 Å². The Morgan fingerprint density at radius 3 is 2.94 bits per heavy atom. The van der Waals surface area contributed by atoms with E-state index >= 15 is 0 Å². The van der Waals surface area contributed by atoms with Crippen molar-refractivity contribution in [2.24, 2.45) is 11.7 Å². The van der Waals surface area contributed by atoms with Gasteiger partial charge < -0.3 is 26.3 Å². The smallest absolute Gasteiger partial charge is 0.231 e. The molecular weight excluding hydrogens is 435 g/mol. The number of fused-ring (bicyclic) bond motifs is 6. The Hall–Kier alpha value is -3.99. The minimum absolute atomic E-state index is 0.222. The summed E-state index contributed by atoms with van der Waals surface area (Å²) in [5, 5.41) is 12.2. The number of piperidine rings is 1. The highest BCUT2D eigenvalue weighted by Crippen LogP contribution is 2.43. The molecule has 1 saturated carbocycles. The van der Waals surface area contributed by atoms with Crippen molar-refractivity contribution in [2.75, 3.05) is 29.1 Å². The number of H-pyrrole nitrogens is 1. The van der Waals surface area contributed by atoms with E-state index in [4.69, 9.17) is 15.7 Å². The van der Waals surface area contributed by atoms with Crippen LogP contribution in [0.25, 0.3) is 27.6 Å². The maximum atomic E-state index is 14.5. The Balaban J connectivity index is 1.41. The lowest BCUT2D eigenvalue weighted by Crippen LogP contribution is -2.41. The number of benzene rings is 1. The maximum Gasteiger partial charge on any atom is 0.231 e. The molecule has 5 aromatic rings. The van der Waals surface area contributed by atoms with Gasteiger partial charge in [0.2, 0.25) is 5.95 Å². The van der Waals surface area contributed by atoms with Crippen molar-refractivity contribution in [3.05, 3.63) is 42.6 Å². The van der Waals surface area contributed by atoms with E-state index in [2.05, 4.69) is 30.6 Å². The number of aromatic amines is 1. The molecule has 0 spiro atoms. The fourth-order valence-corrected chi connectivity index (χ4v) is 5.56. The molecule has 0 amide bonds. The molecule has 1 aromatic carbocycles. The van der Waals surface area contributed by atoms with Gasteiger partial charge in [0.1, 0.15) is 17.3 Å². The molecule has 11 heteroatoms. The van der Waals surface area contributed by atoms with Crippen molar-refractivity contribution in [1.82, 2.24) is 29.5 Å². The third kappa shape index (κ3) is 2.83. The van der Waals surface area contributed by atoms with Crippen LogP contribution in [0.1, 0.15) is 12.8 Å². The zero-order chi connectivity index (χ0) is 23.0. The average molecular weight is 459 g/mol. The van der Waals surface area contributed by atoms with Crippen LogP contribution in [-0.2, 0) is 0 Å². The van der Waals surface area contributed by atoms with Crippen LogP contribution in [0.15, 0.2) is 36.8 Å². The Bertz CT molecular complexity index is 1570. The van der Waals surface area contributed by atoms with Gasteiger partial charge in [-0.1, -0.05) is 0 Å². The normalized spacial score (nSPS) is 21.9. The van der Waals surface area contributed by atoms with Gasteiger partial charge in [0.05, 0.1) is 40.9 Å². The molecular formula is C23H23FN10. The summed E-state index contributed by atoms with van der Waals surface area (Å²) >= 11 is 0. The van der Waals surface area contributed by atoms with Crippen molar-refractivity contribution < 1.29 is 4.39 Å². The third-order valence-corrected chi connectivity index (χ3v) is 7.15. The monoisotopic (exact) mass is 458 g/mol. The van der Waals surface area contributed by atoms with E-state index in [1.165, 1.54) is 6.07 Å². The van der Waals surface area contributed by atoms with E-state index in [0.717, 1.165) is 47.1 Å². The minimum atomic E-state index is -0.311. The molecule has 172 valence electrons. The summed E-state index contributed by atoms with van der Waals surface area (Å²) in [6, 6.07) is 5.39. The van der Waals surface area contributed by atoms with Gasteiger partial charge in [0, 0.05) is 37.1 Å². The lowest BCUT2D eigenvalue weighted by molar-refractivity contribution is 0.471. The molecule has 5 N–H and O–H groups in total. The fraction of sp³-hybridized carbons (Fsp3) is 0.304. The minimum Gasteiger partial charge on any atom is -0.386 e. The summed E-state index contributed by atoms with van der Waals surface area (Å²) < 4.78 is 16.2. The highest BCUT2D eigenvalue weighted by Gasteiger charge is 2.44. The SMILES string of the molecule is CNc1cc(F)cc2c1[nH]c1nc(Nc3cnc4ccnn4c3)nc(N3C[C@H]4CC3C[C@H]4N)c12. The van der Waals surface area contributed by atoms with Crippen LogP contribution >= 0.6 is 0 Å². The molecule has 1 aliphatic heterocycles. The summed E-state index contributed by atoms with van der Waals surface area (Å²) in [4.78, 5) is 19.8. The van der Waals surface area contributed by atoms with Crippen LogP contribution in [0.5, 0.6) is 0 Å². The van der Waals surface area contributed by atoms with Crippen molar-refractivity contribution in [1.29, 1.82) is 0 Å². The van der Waals surface area contributed by atoms with E-state index in [9.17, 15) is 4.39 Å². The number of anilines is 4. The molecule has 4 aromatic heterocycles. The fourth-order valence-electron chi connectivity index (χ4n) is 5.56. The number of nitrogens with two attached hydrogens (primary N) is 1. The summed E-state index contributed by atoms with van der Waals surface area (Å²) in [6.07, 6.45) is 7.24. The highest BCUT2D eigenvalue weighted by atomic mass is 19.1. The largest absolute Gasteiger partial charge is 0.386 e. The first-order chi connectivity index (χ1) is 16.6. The number of halogens is 1. The Labute approximate surface area is 193 Å². The molecule has 7 rings (SSSR count). The first-order valence-electron chi connectivity index (χ1n) is 11.4. The van der Waals surface area contributed by atoms with E-state index in [1.54, 1.807) is 30.0 Å². The number of rotatable bonds is 4. The quantitative estimate of drug-likeness (QED) is 0.324. The second kappa shape index (κ2) is 7.00. The van der Waals surface area contributed by atoms with Crippen molar-refractivity contribution in [3.8, 4) is 0 Å². The Kier molecular flexibility index (Phi) is 4.01. The highest BCUT2D eigenvalue weighted by molar-refractivity contribution is 6.15. The number of nitrogens with one attached hydrogen (secondary N) is 3. The zero-order valence-corrected chi connectivity index (χ0v) is 18.5. The first-order valence-corrected chi connectivity index (χ1v) is 11.4. The van der Waals surface area contributed by atoms with Crippen molar-refractivity contribution in [3.63, 3.8) is 0 Å². The molecule has 2 fully saturated rings. The van der Waals surface area contributed by atoms with Gasteiger partial charge in [0.15, 0.2) is 5.65 Å². The number of nitrogens with zero attached hydrogens (tertiary/aromatic N) is 6. The molecule has 1 unspecified atom stereocenters. The second-order valence-electron chi connectivity index (χ2n) is 9.15. The molecule has 34 heavy (non-hydrogen) atoms. The lowest BCUT2D eigenvalue weighted by atomic mass is 10.0. The van der Waals surface area contributed by atoms with Gasteiger partial charge in [-0.05, 0) is 30.9 Å². The standard InChI is InChI=1S/C23H23FN10/c1-26-17-6-12(24)5-15-19-21(30-20(15)17)31-23(29-13-8-27-18-2-3-28-34(18)10-13)32-22(19)33-9-11-4-14(33)7-16(11)25/h2-3,5-6,8,10-11,14,16,26H,4,7,9,25H2,1H3,(H2,29,30,31,32)/t11-,14?,16-/m1/s1. The van der Waals surface area contributed by atoms with E-state index in [-0.39, 0.29) is 11.9 Å². The zero-order valence-electron chi connectivity index (χ0n) is 18.5. The molecule has 5 heterocycles. The van der Waals surface area contributed by atoms with Gasteiger partial charge in [-0.2, -0.15) is 15.1 Å². The molecule has 0 radical (unpaired) electrons. The predicted octanol–water partition coefficient (Wildman–Crippen LogP) is 3.00. The molecule has 2 bridgehead atoms. The van der Waals surface area contributed by atoms with Crippen molar-refractivity contribution in [2.45, 2.75) is 24.9 Å². The second-order valence-corrected chi connectivity index (χ2v) is 9.15. The van der Waals surface area contributed by atoms with Gasteiger partial charge >= 0.3 is 0 Å². The summed E-state index contributed by atoms with van der Waals surface area (Å²) in [7, 11) is 1.78. The van der Waals surface area contributed by atoms with Crippen LogP contribution < -0.4 is 21.3 Å². The van der Waals surface area contributed by atoms with Crippen LogP contribution in [0.2, 0.25) is 0 Å². The summed E-state index contributed by atoms with van der Waals surface area (Å²) in [5.41, 5.74) is 9.90. The Morgan fingerprint density at radius 2 is 2.15 bits per heavy atom. The maximum absolute atomic E-state index is 14.5. The van der Waals surface area contributed by atoms with Crippen LogP contribution in [0.3, 0.4) is 0 Å². The van der Waals surface area contributed by atoms with Gasteiger partial charge in [0.25, 0.3) is 0 Å². The molecule has 1 saturated heterocycles. The predicted molar refractivity (Wildman–Crippen MR) is 129 cm³/mol. The lowest BCUT2D eigenvalue weighted by Gasteiger charge is -2.31. The molecule has 2 aliphatic rings. The molecule has 3 atom stereocenters. The number of hydrogen-bond acceptors (Lipinski definition) is 8. The topological polar surface area (TPSA) is 125 Å². The van der Waals surface area contributed by atoms with Crippen LogP contribution in [0, 0.1) is 11.7 Å². The van der Waals surface area contributed by atoms with E-state index in [1.807, 2.05) is 12.3 Å². The number of hydrogen-bond donors (Lipinski definition) is 4. The number of aromatic nitrogens is 6. The van der Waals surface area contributed by atoms with Crippen LogP contribution in [0.4, 0.5) is 27.5 Å². The van der Waals surface area contributed by atoms with Gasteiger partial charge in [-0.3, -0.25) is 0 Å². The van der Waals surface area contributed by atoms with Gasteiger partial charge in [-0.25, -0.2) is 13.9 Å². The van der Waals surface area contributed by atoms with E-state index < -0.39 is 0 Å².